The fourth-order valence-corrected chi connectivity index (χ4v) is 2.53. The lowest BCUT2D eigenvalue weighted by atomic mass is 9.87. The topological polar surface area (TPSA) is 26.3 Å². The van der Waals surface area contributed by atoms with Gasteiger partial charge in [-0.2, -0.15) is 0 Å². The number of rotatable bonds is 2. The van der Waals surface area contributed by atoms with Crippen LogP contribution in [-0.2, 0) is 9.53 Å². The molecule has 2 heteroatoms. The summed E-state index contributed by atoms with van der Waals surface area (Å²) < 4.78 is 5.26. The molecule has 2 fully saturated rings. The molecule has 2 aliphatic rings. The molecule has 2 nitrogen and oxygen atoms in total. The molecule has 0 N–H and O–H groups in total. The van der Waals surface area contributed by atoms with Crippen LogP contribution in [0.25, 0.3) is 0 Å². The Morgan fingerprint density at radius 3 is 2.08 bits per heavy atom. The van der Waals surface area contributed by atoms with Crippen molar-refractivity contribution in [3.8, 4) is 0 Å². The van der Waals surface area contributed by atoms with Crippen LogP contribution in [0.3, 0.4) is 0 Å². The molecular weight excluding hydrogens is 164 g/mol. The molecule has 0 aromatic heterocycles. The third-order valence-corrected chi connectivity index (χ3v) is 3.38. The molecule has 0 aromatic carbocycles. The Morgan fingerprint density at radius 1 is 0.923 bits per heavy atom. The van der Waals surface area contributed by atoms with E-state index in [4.69, 9.17) is 4.74 Å². The van der Waals surface area contributed by atoms with Crippen LogP contribution in [0.2, 0.25) is 0 Å². The van der Waals surface area contributed by atoms with E-state index < -0.39 is 0 Å². The lowest BCUT2D eigenvalue weighted by Gasteiger charge is -2.23. The molecule has 0 spiro atoms. The van der Waals surface area contributed by atoms with E-state index >= 15 is 0 Å². The zero-order valence-corrected chi connectivity index (χ0v) is 8.13. The zero-order chi connectivity index (χ0) is 9.10. The Hall–Kier alpha value is -0.370. The van der Waals surface area contributed by atoms with E-state index in [1.807, 2.05) is 0 Å². The first-order chi connectivity index (χ1) is 6.38. The maximum Gasteiger partial charge on any atom is 0.139 e. The summed E-state index contributed by atoms with van der Waals surface area (Å²) in [7, 11) is 0. The Balaban J connectivity index is 1.87. The Kier molecular flexibility index (Phi) is 2.99. The third-order valence-electron chi connectivity index (χ3n) is 3.38. The first kappa shape index (κ1) is 9.20. The predicted molar refractivity (Wildman–Crippen MR) is 50.5 cm³/mol. The summed E-state index contributed by atoms with van der Waals surface area (Å²) in [6, 6.07) is 0. The maximum atomic E-state index is 11.9. The van der Waals surface area contributed by atoms with Crippen LogP contribution in [0.4, 0.5) is 0 Å². The minimum absolute atomic E-state index is 0.330. The highest BCUT2D eigenvalue weighted by atomic mass is 16.5. The second kappa shape index (κ2) is 4.23. The van der Waals surface area contributed by atoms with Gasteiger partial charge in [0, 0.05) is 25.0 Å². The number of ketones is 1. The molecule has 0 bridgehead atoms. The van der Waals surface area contributed by atoms with Crippen LogP contribution in [0, 0.1) is 11.8 Å². The number of carbonyl (C=O) groups excluding carboxylic acids is 1. The molecule has 1 heterocycles. The number of Topliss-reactive ketones (excluding diaryl/α,β-unsaturated/α-hetero) is 1. The van der Waals surface area contributed by atoms with Crippen LogP contribution in [0.5, 0.6) is 0 Å². The van der Waals surface area contributed by atoms with Gasteiger partial charge in [0.1, 0.15) is 5.78 Å². The van der Waals surface area contributed by atoms with Crippen molar-refractivity contribution in [3.05, 3.63) is 0 Å². The van der Waals surface area contributed by atoms with Crippen LogP contribution in [0.15, 0.2) is 0 Å². The number of hydrogen-bond acceptors (Lipinski definition) is 2. The summed E-state index contributed by atoms with van der Waals surface area (Å²) in [5.41, 5.74) is 0. The highest BCUT2D eigenvalue weighted by Gasteiger charge is 2.29. The molecule has 13 heavy (non-hydrogen) atoms. The van der Waals surface area contributed by atoms with Gasteiger partial charge < -0.3 is 4.74 Å². The standard InChI is InChI=1S/C11H18O2/c12-11(9-3-1-2-4-9)10-5-7-13-8-6-10/h9-10H,1-8H2. The highest BCUT2D eigenvalue weighted by molar-refractivity contribution is 5.83. The number of hydrogen-bond donors (Lipinski definition) is 0. The second-order valence-electron chi connectivity index (χ2n) is 4.27. The Bertz CT molecular complexity index is 177. The molecule has 0 atom stereocenters. The van der Waals surface area contributed by atoms with Gasteiger partial charge in [0.05, 0.1) is 0 Å². The van der Waals surface area contributed by atoms with E-state index in [9.17, 15) is 4.79 Å². The molecule has 0 aromatic rings. The summed E-state index contributed by atoms with van der Waals surface area (Å²) in [5.74, 6) is 1.28. The fourth-order valence-electron chi connectivity index (χ4n) is 2.53. The fraction of sp³-hybridized carbons (Fsp3) is 0.909. The summed E-state index contributed by atoms with van der Waals surface area (Å²) in [4.78, 5) is 11.9. The van der Waals surface area contributed by atoms with Gasteiger partial charge in [0.2, 0.25) is 0 Å². The largest absolute Gasteiger partial charge is 0.381 e. The highest BCUT2D eigenvalue weighted by Crippen LogP contribution is 2.30. The average Bonchev–Trinajstić information content (AvgIpc) is 2.71. The summed E-state index contributed by atoms with van der Waals surface area (Å²) in [5, 5.41) is 0. The lowest BCUT2D eigenvalue weighted by Crippen LogP contribution is -2.27. The van der Waals surface area contributed by atoms with Crippen molar-refractivity contribution in [2.24, 2.45) is 11.8 Å². The van der Waals surface area contributed by atoms with E-state index in [1.54, 1.807) is 0 Å². The molecule has 0 amide bonds. The van der Waals surface area contributed by atoms with Crippen molar-refractivity contribution in [2.75, 3.05) is 13.2 Å². The maximum absolute atomic E-state index is 11.9. The van der Waals surface area contributed by atoms with Gasteiger partial charge >= 0.3 is 0 Å². The summed E-state index contributed by atoms with van der Waals surface area (Å²) >= 11 is 0. The van der Waals surface area contributed by atoms with E-state index in [1.165, 1.54) is 12.8 Å². The molecular formula is C11H18O2. The van der Waals surface area contributed by atoms with E-state index in [0.717, 1.165) is 38.9 Å². The van der Waals surface area contributed by atoms with Gasteiger partial charge in [-0.1, -0.05) is 12.8 Å². The molecule has 0 radical (unpaired) electrons. The van der Waals surface area contributed by atoms with E-state index in [0.29, 0.717) is 17.6 Å². The molecule has 1 saturated carbocycles. The van der Waals surface area contributed by atoms with Gasteiger partial charge in [-0.05, 0) is 25.7 Å². The van der Waals surface area contributed by atoms with Gasteiger partial charge in [-0.25, -0.2) is 0 Å². The van der Waals surface area contributed by atoms with Crippen molar-refractivity contribution >= 4 is 5.78 Å². The minimum atomic E-state index is 0.330. The van der Waals surface area contributed by atoms with Gasteiger partial charge in [0.25, 0.3) is 0 Å². The van der Waals surface area contributed by atoms with Crippen molar-refractivity contribution in [1.29, 1.82) is 0 Å². The first-order valence-corrected chi connectivity index (χ1v) is 5.49. The molecule has 1 saturated heterocycles. The molecule has 74 valence electrons. The predicted octanol–water partition coefficient (Wildman–Crippen LogP) is 2.17. The van der Waals surface area contributed by atoms with Crippen LogP contribution >= 0.6 is 0 Å². The zero-order valence-electron chi connectivity index (χ0n) is 8.13. The van der Waals surface area contributed by atoms with Crippen LogP contribution in [0.1, 0.15) is 38.5 Å². The third kappa shape index (κ3) is 2.11. The van der Waals surface area contributed by atoms with E-state index in [-0.39, 0.29) is 0 Å². The van der Waals surface area contributed by atoms with E-state index in [2.05, 4.69) is 0 Å². The quantitative estimate of drug-likeness (QED) is 0.654. The first-order valence-electron chi connectivity index (χ1n) is 5.49. The average molecular weight is 182 g/mol. The molecule has 1 aliphatic heterocycles. The summed E-state index contributed by atoms with van der Waals surface area (Å²) in [6.45, 7) is 1.59. The normalized spacial score (nSPS) is 26.5. The SMILES string of the molecule is O=C(C1CCCC1)C1CCOCC1. The van der Waals surface area contributed by atoms with Gasteiger partial charge in [0.15, 0.2) is 0 Å². The molecule has 0 unspecified atom stereocenters. The van der Waals surface area contributed by atoms with Crippen molar-refractivity contribution < 1.29 is 9.53 Å². The van der Waals surface area contributed by atoms with Crippen molar-refractivity contribution in [1.82, 2.24) is 0 Å². The molecule has 2 rings (SSSR count). The van der Waals surface area contributed by atoms with Crippen LogP contribution < -0.4 is 0 Å². The summed E-state index contributed by atoms with van der Waals surface area (Å²) in [6.07, 6.45) is 6.76. The Morgan fingerprint density at radius 2 is 1.46 bits per heavy atom. The second-order valence-corrected chi connectivity index (χ2v) is 4.27. The number of ether oxygens (including phenoxy) is 1. The lowest BCUT2D eigenvalue weighted by molar-refractivity contribution is -0.129. The number of carbonyl (C=O) groups is 1. The molecule has 1 aliphatic carbocycles. The van der Waals surface area contributed by atoms with Gasteiger partial charge in [-0.3, -0.25) is 4.79 Å². The van der Waals surface area contributed by atoms with Crippen molar-refractivity contribution in [2.45, 2.75) is 38.5 Å². The smallest absolute Gasteiger partial charge is 0.139 e. The van der Waals surface area contributed by atoms with Crippen molar-refractivity contribution in [3.63, 3.8) is 0 Å². The monoisotopic (exact) mass is 182 g/mol. The minimum Gasteiger partial charge on any atom is -0.381 e. The van der Waals surface area contributed by atoms with Gasteiger partial charge in [-0.15, -0.1) is 0 Å². The van der Waals surface area contributed by atoms with Crippen LogP contribution in [-0.4, -0.2) is 19.0 Å². The Labute approximate surface area is 79.7 Å².